The molecule has 0 heterocycles. The highest BCUT2D eigenvalue weighted by Crippen LogP contribution is 2.06. The van der Waals surface area contributed by atoms with Gasteiger partial charge in [0.25, 0.3) is 0 Å². The van der Waals surface area contributed by atoms with E-state index in [1.165, 1.54) is 7.11 Å². The van der Waals surface area contributed by atoms with Crippen LogP contribution < -0.4 is 5.32 Å². The van der Waals surface area contributed by atoms with Crippen molar-refractivity contribution in [2.75, 3.05) is 7.11 Å². The van der Waals surface area contributed by atoms with Crippen LogP contribution >= 0.6 is 0 Å². The fourth-order valence-corrected chi connectivity index (χ4v) is 1.54. The van der Waals surface area contributed by atoms with Gasteiger partial charge in [-0.3, -0.25) is 14.9 Å². The van der Waals surface area contributed by atoms with Crippen molar-refractivity contribution in [3.8, 4) is 0 Å². The first kappa shape index (κ1) is 15.6. The molecule has 0 fully saturated rings. The number of carbonyl (C=O) groups excluding carboxylic acids is 1. The number of rotatable bonds is 7. The Balaban J connectivity index is 2.62. The van der Waals surface area contributed by atoms with Crippen LogP contribution in [0, 0.1) is 0 Å². The van der Waals surface area contributed by atoms with Crippen molar-refractivity contribution in [3.63, 3.8) is 0 Å². The highest BCUT2D eigenvalue weighted by atomic mass is 16.5. The van der Waals surface area contributed by atoms with E-state index in [1.54, 1.807) is 24.3 Å². The van der Waals surface area contributed by atoms with E-state index in [0.717, 1.165) is 5.56 Å². The van der Waals surface area contributed by atoms with Crippen LogP contribution in [0.3, 0.4) is 0 Å². The first-order valence-electron chi connectivity index (χ1n) is 5.79. The molecule has 0 saturated heterocycles. The summed E-state index contributed by atoms with van der Waals surface area (Å²) in [6.45, 7) is 0.186. The second-order valence-electron chi connectivity index (χ2n) is 4.06. The van der Waals surface area contributed by atoms with E-state index < -0.39 is 30.4 Å². The largest absolute Gasteiger partial charge is 0.481 e. The molecule has 0 aliphatic rings. The van der Waals surface area contributed by atoms with Crippen molar-refractivity contribution >= 4 is 17.9 Å². The van der Waals surface area contributed by atoms with Gasteiger partial charge in [0.15, 0.2) is 0 Å². The second-order valence-corrected chi connectivity index (χ2v) is 4.06. The Morgan fingerprint density at radius 3 is 2.25 bits per heavy atom. The van der Waals surface area contributed by atoms with Crippen LogP contribution in [0.15, 0.2) is 24.3 Å². The number of benzene rings is 1. The van der Waals surface area contributed by atoms with E-state index in [0.29, 0.717) is 5.56 Å². The minimum Gasteiger partial charge on any atom is -0.481 e. The van der Waals surface area contributed by atoms with Gasteiger partial charge in [-0.1, -0.05) is 12.1 Å². The Kier molecular flexibility index (Phi) is 5.67. The molecular formula is C13H15NO6. The fraction of sp³-hybridized carbons (Fsp3) is 0.308. The van der Waals surface area contributed by atoms with Gasteiger partial charge >= 0.3 is 17.9 Å². The van der Waals surface area contributed by atoms with Gasteiger partial charge in [-0.2, -0.15) is 0 Å². The van der Waals surface area contributed by atoms with Crippen LogP contribution in [-0.2, 0) is 20.9 Å². The van der Waals surface area contributed by atoms with Crippen molar-refractivity contribution in [2.45, 2.75) is 19.0 Å². The number of nitrogens with one attached hydrogen (secondary N) is 1. The minimum atomic E-state index is -1.22. The Morgan fingerprint density at radius 1 is 1.20 bits per heavy atom. The van der Waals surface area contributed by atoms with Crippen molar-refractivity contribution in [2.24, 2.45) is 0 Å². The van der Waals surface area contributed by atoms with Gasteiger partial charge in [0, 0.05) is 6.54 Å². The van der Waals surface area contributed by atoms with E-state index in [1.807, 2.05) is 0 Å². The summed E-state index contributed by atoms with van der Waals surface area (Å²) in [4.78, 5) is 32.6. The number of esters is 1. The summed E-state index contributed by atoms with van der Waals surface area (Å²) in [7, 11) is 1.28. The predicted octanol–water partition coefficient (Wildman–Crippen LogP) is 0.491. The average molecular weight is 281 g/mol. The topological polar surface area (TPSA) is 113 Å². The molecule has 1 aromatic rings. The van der Waals surface area contributed by atoms with Crippen molar-refractivity contribution in [1.82, 2.24) is 5.32 Å². The van der Waals surface area contributed by atoms with E-state index in [2.05, 4.69) is 10.1 Å². The van der Waals surface area contributed by atoms with Crippen LogP contribution in [0.4, 0.5) is 0 Å². The molecule has 0 aliphatic heterocycles. The first-order chi connectivity index (χ1) is 9.43. The Labute approximate surface area is 115 Å². The quantitative estimate of drug-likeness (QED) is 0.623. The lowest BCUT2D eigenvalue weighted by Crippen LogP contribution is -2.38. The number of hydrogen-bond acceptors (Lipinski definition) is 5. The molecular weight excluding hydrogens is 266 g/mol. The maximum absolute atomic E-state index is 11.2. The lowest BCUT2D eigenvalue weighted by Gasteiger charge is -2.12. The Morgan fingerprint density at radius 2 is 1.80 bits per heavy atom. The third kappa shape index (κ3) is 4.69. The first-order valence-corrected chi connectivity index (χ1v) is 5.79. The summed E-state index contributed by atoms with van der Waals surface area (Å²) in [5.74, 6) is -2.87. The summed E-state index contributed by atoms with van der Waals surface area (Å²) in [6.07, 6.45) is -0.504. The molecule has 1 unspecified atom stereocenters. The van der Waals surface area contributed by atoms with Crippen LogP contribution in [0.1, 0.15) is 22.3 Å². The summed E-state index contributed by atoms with van der Waals surface area (Å²) >= 11 is 0. The number of carboxylic acids is 2. The lowest BCUT2D eigenvalue weighted by atomic mass is 10.1. The van der Waals surface area contributed by atoms with Crippen LogP contribution in [0.5, 0.6) is 0 Å². The molecule has 0 saturated carbocycles. The van der Waals surface area contributed by atoms with Gasteiger partial charge in [-0.25, -0.2) is 4.79 Å². The van der Waals surface area contributed by atoms with Gasteiger partial charge < -0.3 is 14.9 Å². The maximum Gasteiger partial charge on any atom is 0.337 e. The molecule has 0 radical (unpaired) electrons. The number of aliphatic carboxylic acids is 2. The zero-order valence-corrected chi connectivity index (χ0v) is 10.8. The number of methoxy groups -OCH3 is 1. The Bertz CT molecular complexity index is 496. The third-order valence-corrected chi connectivity index (χ3v) is 2.60. The van der Waals surface area contributed by atoms with Crippen molar-refractivity contribution in [3.05, 3.63) is 35.4 Å². The summed E-state index contributed by atoms with van der Waals surface area (Å²) in [5.41, 5.74) is 1.12. The molecule has 1 aromatic carbocycles. The SMILES string of the molecule is COC(=O)c1ccc(CNC(CC(=O)O)C(=O)O)cc1. The molecule has 1 atom stereocenters. The molecule has 0 aliphatic carbocycles. The number of carboxylic acid groups (broad SMARTS) is 2. The molecule has 7 heteroatoms. The standard InChI is InChI=1S/C13H15NO6/c1-20-13(19)9-4-2-8(3-5-9)7-14-10(12(17)18)6-11(15)16/h2-5,10,14H,6-7H2,1H3,(H,15,16)(H,17,18). The molecule has 7 nitrogen and oxygen atoms in total. The molecule has 3 N–H and O–H groups in total. The van der Waals surface area contributed by atoms with Crippen LogP contribution in [-0.4, -0.2) is 41.3 Å². The number of ether oxygens (including phenoxy) is 1. The highest BCUT2D eigenvalue weighted by molar-refractivity contribution is 5.89. The molecule has 1 rings (SSSR count). The van der Waals surface area contributed by atoms with Gasteiger partial charge in [0.1, 0.15) is 6.04 Å². The molecule has 0 bridgehead atoms. The smallest absolute Gasteiger partial charge is 0.337 e. The van der Waals surface area contributed by atoms with Gasteiger partial charge in [0.2, 0.25) is 0 Å². The molecule has 0 amide bonds. The van der Waals surface area contributed by atoms with E-state index in [9.17, 15) is 14.4 Å². The van der Waals surface area contributed by atoms with Gasteiger partial charge in [0.05, 0.1) is 19.1 Å². The van der Waals surface area contributed by atoms with Crippen LogP contribution in [0.2, 0.25) is 0 Å². The summed E-state index contributed by atoms with van der Waals surface area (Å²) in [5, 5.41) is 20.1. The monoisotopic (exact) mass is 281 g/mol. The van der Waals surface area contributed by atoms with Gasteiger partial charge in [-0.05, 0) is 17.7 Å². The van der Waals surface area contributed by atoms with E-state index in [-0.39, 0.29) is 6.54 Å². The van der Waals surface area contributed by atoms with E-state index >= 15 is 0 Å². The summed E-state index contributed by atoms with van der Waals surface area (Å²) in [6, 6.07) is 5.22. The van der Waals surface area contributed by atoms with Crippen LogP contribution in [0.25, 0.3) is 0 Å². The van der Waals surface area contributed by atoms with E-state index in [4.69, 9.17) is 10.2 Å². The molecule has 108 valence electrons. The average Bonchev–Trinajstić information content (AvgIpc) is 2.42. The number of carbonyl (C=O) groups is 3. The number of hydrogen-bond donors (Lipinski definition) is 3. The normalized spacial score (nSPS) is 11.7. The molecule has 0 spiro atoms. The predicted molar refractivity (Wildman–Crippen MR) is 68.3 cm³/mol. The highest BCUT2D eigenvalue weighted by Gasteiger charge is 2.20. The molecule has 0 aromatic heterocycles. The zero-order valence-electron chi connectivity index (χ0n) is 10.8. The fourth-order valence-electron chi connectivity index (χ4n) is 1.54. The van der Waals surface area contributed by atoms with Crippen molar-refractivity contribution < 1.29 is 29.3 Å². The van der Waals surface area contributed by atoms with Gasteiger partial charge in [-0.15, -0.1) is 0 Å². The minimum absolute atomic E-state index is 0.186. The zero-order chi connectivity index (χ0) is 15.1. The Hall–Kier alpha value is -2.41. The van der Waals surface area contributed by atoms with Crippen molar-refractivity contribution in [1.29, 1.82) is 0 Å². The second kappa shape index (κ2) is 7.25. The molecule has 20 heavy (non-hydrogen) atoms. The summed E-state index contributed by atoms with van der Waals surface area (Å²) < 4.78 is 4.55. The maximum atomic E-state index is 11.2. The third-order valence-electron chi connectivity index (χ3n) is 2.60. The lowest BCUT2D eigenvalue weighted by molar-refractivity contribution is -0.146.